The smallest absolute Gasteiger partial charge is 0.387 e. The van der Waals surface area contributed by atoms with Crippen LogP contribution in [0.2, 0.25) is 0 Å². The molecule has 0 saturated carbocycles. The van der Waals surface area contributed by atoms with Crippen molar-refractivity contribution >= 4 is 21.9 Å². The van der Waals surface area contributed by atoms with Gasteiger partial charge in [0.15, 0.2) is 0 Å². The molecule has 7 heteroatoms. The molecule has 0 fully saturated rings. The zero-order valence-corrected chi connectivity index (χ0v) is 11.5. The number of ether oxygens (including phenoxy) is 2. The third kappa shape index (κ3) is 3.64. The second-order valence-electron chi connectivity index (χ2n) is 3.31. The minimum atomic E-state index is -3.08. The Balaban J connectivity index is 3.36. The van der Waals surface area contributed by atoms with Crippen molar-refractivity contribution in [3.63, 3.8) is 0 Å². The number of nitriles is 1. The van der Waals surface area contributed by atoms with Gasteiger partial charge in [0.1, 0.15) is 11.8 Å². The quantitative estimate of drug-likeness (QED) is 0.613. The number of carbonyl (C=O) groups is 1. The number of nitrogens with zero attached hydrogens (tertiary/aromatic N) is 1. The van der Waals surface area contributed by atoms with Gasteiger partial charge in [-0.3, -0.25) is 0 Å². The van der Waals surface area contributed by atoms with Crippen LogP contribution in [0, 0.1) is 11.3 Å². The first-order chi connectivity index (χ1) is 9.04. The zero-order valence-electron chi connectivity index (χ0n) is 9.95. The number of benzene rings is 1. The predicted octanol–water partition coefficient (Wildman–Crippen LogP) is 3.23. The van der Waals surface area contributed by atoms with Gasteiger partial charge in [-0.1, -0.05) is 15.9 Å². The van der Waals surface area contributed by atoms with Crippen molar-refractivity contribution in [1.82, 2.24) is 0 Å². The number of alkyl halides is 3. The van der Waals surface area contributed by atoms with Gasteiger partial charge in [0.2, 0.25) is 0 Å². The van der Waals surface area contributed by atoms with E-state index in [9.17, 15) is 13.6 Å². The SMILES string of the molecule is CCOC(=O)c1ccc(C#N)c(OC(F)F)c1CBr. The van der Waals surface area contributed by atoms with Gasteiger partial charge in [0.25, 0.3) is 0 Å². The summed E-state index contributed by atoms with van der Waals surface area (Å²) in [5.41, 5.74) is 0.189. The van der Waals surface area contributed by atoms with E-state index in [4.69, 9.17) is 10.00 Å². The molecule has 0 N–H and O–H groups in total. The first-order valence-electron chi connectivity index (χ1n) is 5.29. The lowest BCUT2D eigenvalue weighted by molar-refractivity contribution is -0.0506. The van der Waals surface area contributed by atoms with Crippen molar-refractivity contribution in [3.05, 3.63) is 28.8 Å². The average molecular weight is 334 g/mol. The molecular weight excluding hydrogens is 324 g/mol. The van der Waals surface area contributed by atoms with E-state index in [1.54, 1.807) is 13.0 Å². The fraction of sp³-hybridized carbons (Fsp3) is 0.333. The van der Waals surface area contributed by atoms with Gasteiger partial charge < -0.3 is 9.47 Å². The molecule has 0 aliphatic heterocycles. The van der Waals surface area contributed by atoms with Gasteiger partial charge in [-0.05, 0) is 19.1 Å². The molecule has 0 aromatic heterocycles. The summed E-state index contributed by atoms with van der Waals surface area (Å²) < 4.78 is 33.9. The lowest BCUT2D eigenvalue weighted by Gasteiger charge is -2.14. The van der Waals surface area contributed by atoms with Gasteiger partial charge in [-0.2, -0.15) is 14.0 Å². The molecule has 102 valence electrons. The lowest BCUT2D eigenvalue weighted by atomic mass is 10.0. The predicted molar refractivity (Wildman–Crippen MR) is 66.4 cm³/mol. The normalized spacial score (nSPS) is 10.1. The van der Waals surface area contributed by atoms with Crippen LogP contribution in [0.4, 0.5) is 8.78 Å². The Kier molecular flexibility index (Phi) is 5.70. The fourth-order valence-electron chi connectivity index (χ4n) is 1.47. The number of hydrogen-bond donors (Lipinski definition) is 0. The number of rotatable bonds is 5. The van der Waals surface area contributed by atoms with Gasteiger partial charge in [0.05, 0.1) is 17.7 Å². The highest BCUT2D eigenvalue weighted by Crippen LogP contribution is 2.31. The molecule has 0 radical (unpaired) electrons. The molecule has 1 aromatic carbocycles. The molecule has 0 aliphatic carbocycles. The minimum absolute atomic E-state index is 0.0669. The number of hydrogen-bond acceptors (Lipinski definition) is 4. The maximum Gasteiger partial charge on any atom is 0.387 e. The van der Waals surface area contributed by atoms with Crippen molar-refractivity contribution in [3.8, 4) is 11.8 Å². The molecule has 0 spiro atoms. The van der Waals surface area contributed by atoms with Crippen LogP contribution in [-0.4, -0.2) is 19.2 Å². The second kappa shape index (κ2) is 7.04. The van der Waals surface area contributed by atoms with Crippen LogP contribution in [0.5, 0.6) is 5.75 Å². The third-order valence-electron chi connectivity index (χ3n) is 2.22. The van der Waals surface area contributed by atoms with Crippen molar-refractivity contribution in [1.29, 1.82) is 5.26 Å². The van der Waals surface area contributed by atoms with Crippen molar-refractivity contribution in [2.45, 2.75) is 18.9 Å². The highest BCUT2D eigenvalue weighted by atomic mass is 79.9. The molecule has 0 saturated heterocycles. The van der Waals surface area contributed by atoms with Crippen LogP contribution in [0.1, 0.15) is 28.4 Å². The summed E-state index contributed by atoms with van der Waals surface area (Å²) in [6.45, 7) is -1.29. The van der Waals surface area contributed by atoms with E-state index >= 15 is 0 Å². The number of carbonyl (C=O) groups excluding carboxylic acids is 1. The molecule has 0 atom stereocenters. The zero-order chi connectivity index (χ0) is 14.4. The second-order valence-corrected chi connectivity index (χ2v) is 3.87. The molecule has 1 aromatic rings. The van der Waals surface area contributed by atoms with Crippen LogP contribution in [0.3, 0.4) is 0 Å². The Labute approximate surface area is 117 Å². The summed E-state index contributed by atoms with van der Waals surface area (Å²) in [6.07, 6.45) is 0. The summed E-state index contributed by atoms with van der Waals surface area (Å²) in [4.78, 5) is 11.7. The van der Waals surface area contributed by atoms with Crippen molar-refractivity contribution in [2.75, 3.05) is 6.61 Å². The summed E-state index contributed by atoms with van der Waals surface area (Å²) in [6, 6.07) is 4.34. The Bertz CT molecular complexity index is 514. The van der Waals surface area contributed by atoms with Crippen LogP contribution in [-0.2, 0) is 10.1 Å². The molecule has 1 rings (SSSR count). The van der Waals surface area contributed by atoms with Crippen molar-refractivity contribution in [2.24, 2.45) is 0 Å². The minimum Gasteiger partial charge on any atom is -0.462 e. The van der Waals surface area contributed by atoms with E-state index in [-0.39, 0.29) is 34.4 Å². The Morgan fingerprint density at radius 3 is 2.68 bits per heavy atom. The standard InChI is InChI=1S/C12H10BrF2NO3/c1-2-18-11(17)8-4-3-7(6-16)10(9(8)5-13)19-12(14)15/h3-4,12H,2,5H2,1H3. The van der Waals surface area contributed by atoms with Crippen LogP contribution in [0.25, 0.3) is 0 Å². The van der Waals surface area contributed by atoms with Gasteiger partial charge in [-0.15, -0.1) is 0 Å². The van der Waals surface area contributed by atoms with E-state index in [0.29, 0.717) is 0 Å². The topological polar surface area (TPSA) is 59.3 Å². The monoisotopic (exact) mass is 333 g/mol. The lowest BCUT2D eigenvalue weighted by Crippen LogP contribution is -2.12. The maximum absolute atomic E-state index is 12.4. The van der Waals surface area contributed by atoms with E-state index in [1.165, 1.54) is 12.1 Å². The Morgan fingerprint density at radius 1 is 1.53 bits per heavy atom. The van der Waals surface area contributed by atoms with Crippen molar-refractivity contribution < 1.29 is 23.0 Å². The van der Waals surface area contributed by atoms with Crippen LogP contribution < -0.4 is 4.74 Å². The molecule has 4 nitrogen and oxygen atoms in total. The van der Waals surface area contributed by atoms with Gasteiger partial charge in [-0.25, -0.2) is 4.79 Å². The maximum atomic E-state index is 12.4. The first kappa shape index (κ1) is 15.4. The molecule has 0 unspecified atom stereocenters. The van der Waals surface area contributed by atoms with Gasteiger partial charge in [0, 0.05) is 10.9 Å². The molecule has 0 heterocycles. The fourth-order valence-corrected chi connectivity index (χ4v) is 2.03. The average Bonchev–Trinajstić information content (AvgIpc) is 2.37. The molecule has 19 heavy (non-hydrogen) atoms. The summed E-state index contributed by atoms with van der Waals surface area (Å²) >= 11 is 3.09. The highest BCUT2D eigenvalue weighted by molar-refractivity contribution is 9.08. The molecule has 0 bridgehead atoms. The largest absolute Gasteiger partial charge is 0.462 e. The molecule has 0 amide bonds. The summed E-state index contributed by atoms with van der Waals surface area (Å²) in [5, 5.41) is 8.96. The first-order valence-corrected chi connectivity index (χ1v) is 6.41. The highest BCUT2D eigenvalue weighted by Gasteiger charge is 2.21. The van der Waals surface area contributed by atoms with E-state index < -0.39 is 12.6 Å². The number of halogens is 3. The summed E-state index contributed by atoms with van der Waals surface area (Å²) in [5.74, 6) is -0.958. The van der Waals surface area contributed by atoms with E-state index in [2.05, 4.69) is 20.7 Å². The van der Waals surface area contributed by atoms with Crippen LogP contribution >= 0.6 is 15.9 Å². The summed E-state index contributed by atoms with van der Waals surface area (Å²) in [7, 11) is 0. The van der Waals surface area contributed by atoms with Crippen LogP contribution in [0.15, 0.2) is 12.1 Å². The third-order valence-corrected chi connectivity index (χ3v) is 2.78. The Morgan fingerprint density at radius 2 is 2.21 bits per heavy atom. The molecule has 0 aliphatic rings. The van der Waals surface area contributed by atoms with E-state index in [0.717, 1.165) is 0 Å². The number of esters is 1. The van der Waals surface area contributed by atoms with E-state index in [1.807, 2.05) is 0 Å². The molecular formula is C12H10BrF2NO3. The Hall–Kier alpha value is -1.68. The van der Waals surface area contributed by atoms with Gasteiger partial charge >= 0.3 is 12.6 Å².